The number of carboxylic acid groups (broad SMARTS) is 1. The Hall–Kier alpha value is -3.42. The summed E-state index contributed by atoms with van der Waals surface area (Å²) in [5.41, 5.74) is 6.42. The van der Waals surface area contributed by atoms with Crippen LogP contribution < -0.4 is 5.32 Å². The molecule has 1 aromatic carbocycles. The van der Waals surface area contributed by atoms with Gasteiger partial charge in [-0.25, -0.2) is 4.68 Å². The lowest BCUT2D eigenvalue weighted by atomic mass is 9.93. The van der Waals surface area contributed by atoms with E-state index in [9.17, 15) is 9.59 Å². The molecule has 1 unspecified atom stereocenters. The number of carbonyl (C=O) groups is 2. The maximum absolute atomic E-state index is 12.8. The molecule has 2 aromatic heterocycles. The van der Waals surface area contributed by atoms with Crippen LogP contribution in [0.4, 0.5) is 0 Å². The van der Waals surface area contributed by atoms with Crippen molar-refractivity contribution in [2.45, 2.75) is 52.0 Å². The van der Waals surface area contributed by atoms with Gasteiger partial charge in [0.05, 0.1) is 23.6 Å². The van der Waals surface area contributed by atoms with E-state index in [4.69, 9.17) is 5.11 Å². The molecule has 0 aliphatic heterocycles. The number of nitrogens with zero attached hydrogens (tertiary/aromatic N) is 4. The second-order valence-electron chi connectivity index (χ2n) is 8.09. The first kappa shape index (κ1) is 20.8. The SMILES string of the molecule is Cc1nn(-c2ccc(C(=O)NC3CCCc4c3cnn4C)cc2)c(C)c1CCC(=O)O. The van der Waals surface area contributed by atoms with Crippen molar-refractivity contribution in [1.29, 1.82) is 0 Å². The third kappa shape index (κ3) is 4.10. The molecule has 0 bridgehead atoms. The average molecular weight is 422 g/mol. The fraction of sp³-hybridized carbons (Fsp3) is 0.391. The van der Waals surface area contributed by atoms with Crippen LogP contribution >= 0.6 is 0 Å². The standard InChI is InChI=1S/C23H27N5O3/c1-14-18(11-12-22(29)30)15(2)28(26-14)17-9-7-16(8-10-17)23(31)25-20-5-4-6-21-19(20)13-24-27(21)3/h7-10,13,20H,4-6,11-12H2,1-3H3,(H,25,31)(H,29,30). The largest absolute Gasteiger partial charge is 0.481 e. The van der Waals surface area contributed by atoms with E-state index in [2.05, 4.69) is 15.5 Å². The number of aliphatic carboxylic acids is 1. The van der Waals surface area contributed by atoms with Gasteiger partial charge in [-0.3, -0.25) is 14.3 Å². The fourth-order valence-electron chi connectivity index (χ4n) is 4.37. The highest BCUT2D eigenvalue weighted by Gasteiger charge is 2.25. The number of hydrogen-bond donors (Lipinski definition) is 2. The number of amides is 1. The van der Waals surface area contributed by atoms with Gasteiger partial charge in [0.25, 0.3) is 5.91 Å². The van der Waals surface area contributed by atoms with Crippen molar-refractivity contribution in [1.82, 2.24) is 24.9 Å². The molecule has 31 heavy (non-hydrogen) atoms. The smallest absolute Gasteiger partial charge is 0.303 e. The van der Waals surface area contributed by atoms with Gasteiger partial charge in [-0.15, -0.1) is 0 Å². The molecule has 2 N–H and O–H groups in total. The third-order valence-corrected chi connectivity index (χ3v) is 6.09. The molecule has 4 rings (SSSR count). The summed E-state index contributed by atoms with van der Waals surface area (Å²) in [5.74, 6) is -0.929. The van der Waals surface area contributed by atoms with Gasteiger partial charge in [-0.2, -0.15) is 10.2 Å². The molecule has 8 nitrogen and oxygen atoms in total. The zero-order valence-electron chi connectivity index (χ0n) is 18.1. The van der Waals surface area contributed by atoms with Crippen LogP contribution in [0.15, 0.2) is 30.5 Å². The minimum atomic E-state index is -0.821. The number of benzene rings is 1. The first-order chi connectivity index (χ1) is 14.8. The summed E-state index contributed by atoms with van der Waals surface area (Å²) >= 11 is 0. The van der Waals surface area contributed by atoms with Crippen LogP contribution in [-0.4, -0.2) is 36.5 Å². The van der Waals surface area contributed by atoms with Crippen LogP contribution in [0.1, 0.15) is 63.9 Å². The van der Waals surface area contributed by atoms with Crippen LogP contribution in [0.2, 0.25) is 0 Å². The molecular formula is C23H27N5O3. The van der Waals surface area contributed by atoms with Gasteiger partial charge < -0.3 is 10.4 Å². The first-order valence-corrected chi connectivity index (χ1v) is 10.5. The molecular weight excluding hydrogens is 394 g/mol. The minimum absolute atomic E-state index is 0.0163. The highest BCUT2D eigenvalue weighted by atomic mass is 16.4. The topological polar surface area (TPSA) is 102 Å². The zero-order valence-corrected chi connectivity index (χ0v) is 18.1. The number of carbonyl (C=O) groups excluding carboxylic acids is 1. The van der Waals surface area contributed by atoms with Crippen molar-refractivity contribution >= 4 is 11.9 Å². The Morgan fingerprint density at radius 2 is 1.97 bits per heavy atom. The Labute approximate surface area is 180 Å². The molecule has 3 aromatic rings. The van der Waals surface area contributed by atoms with Crippen molar-refractivity contribution in [2.75, 3.05) is 0 Å². The Morgan fingerprint density at radius 3 is 2.68 bits per heavy atom. The molecule has 0 radical (unpaired) electrons. The van der Waals surface area contributed by atoms with Gasteiger partial charge in [0.1, 0.15) is 0 Å². The number of nitrogens with one attached hydrogen (secondary N) is 1. The molecule has 8 heteroatoms. The molecule has 1 aliphatic carbocycles. The van der Waals surface area contributed by atoms with Crippen LogP contribution in [0.3, 0.4) is 0 Å². The highest BCUT2D eigenvalue weighted by molar-refractivity contribution is 5.94. The van der Waals surface area contributed by atoms with Gasteiger partial charge in [0.2, 0.25) is 0 Å². The lowest BCUT2D eigenvalue weighted by molar-refractivity contribution is -0.136. The minimum Gasteiger partial charge on any atom is -0.481 e. The predicted molar refractivity (Wildman–Crippen MR) is 115 cm³/mol. The van der Waals surface area contributed by atoms with Gasteiger partial charge in [0, 0.05) is 36.0 Å². The number of aryl methyl sites for hydroxylation is 2. The second kappa shape index (κ2) is 8.37. The van der Waals surface area contributed by atoms with E-state index in [0.717, 1.165) is 47.5 Å². The maximum atomic E-state index is 12.8. The number of rotatable bonds is 6. The summed E-state index contributed by atoms with van der Waals surface area (Å²) in [6.45, 7) is 3.83. The van der Waals surface area contributed by atoms with Gasteiger partial charge in [-0.1, -0.05) is 0 Å². The van der Waals surface area contributed by atoms with Crippen molar-refractivity contribution in [3.05, 3.63) is 64.2 Å². The van der Waals surface area contributed by atoms with Crippen molar-refractivity contribution in [2.24, 2.45) is 7.05 Å². The van der Waals surface area contributed by atoms with Crippen molar-refractivity contribution in [3.63, 3.8) is 0 Å². The zero-order chi connectivity index (χ0) is 22.1. The third-order valence-electron chi connectivity index (χ3n) is 6.09. The van der Waals surface area contributed by atoms with E-state index in [-0.39, 0.29) is 18.4 Å². The normalized spacial score (nSPS) is 15.5. The van der Waals surface area contributed by atoms with Crippen LogP contribution in [-0.2, 0) is 24.7 Å². The van der Waals surface area contributed by atoms with Crippen LogP contribution in [0, 0.1) is 13.8 Å². The van der Waals surface area contributed by atoms with Crippen LogP contribution in [0.25, 0.3) is 5.69 Å². The molecule has 0 saturated heterocycles. The highest BCUT2D eigenvalue weighted by Crippen LogP contribution is 2.29. The molecule has 1 amide bonds. The quantitative estimate of drug-likeness (QED) is 0.637. The molecule has 0 spiro atoms. The van der Waals surface area contributed by atoms with E-state index < -0.39 is 5.97 Å². The molecule has 1 aliphatic rings. The molecule has 2 heterocycles. The van der Waals surface area contributed by atoms with Crippen molar-refractivity contribution < 1.29 is 14.7 Å². The monoisotopic (exact) mass is 421 g/mol. The lowest BCUT2D eigenvalue weighted by Gasteiger charge is -2.23. The molecule has 0 fully saturated rings. The predicted octanol–water partition coefficient (Wildman–Crippen LogP) is 3.05. The van der Waals surface area contributed by atoms with E-state index in [0.29, 0.717) is 12.0 Å². The first-order valence-electron chi connectivity index (χ1n) is 10.5. The lowest BCUT2D eigenvalue weighted by Crippen LogP contribution is -2.30. The van der Waals surface area contributed by atoms with E-state index in [1.54, 1.807) is 16.8 Å². The summed E-state index contributed by atoms with van der Waals surface area (Å²) in [7, 11) is 1.94. The molecule has 0 saturated carbocycles. The number of hydrogen-bond acceptors (Lipinski definition) is 4. The maximum Gasteiger partial charge on any atom is 0.303 e. The van der Waals surface area contributed by atoms with E-state index >= 15 is 0 Å². The van der Waals surface area contributed by atoms with Gasteiger partial charge in [0.15, 0.2) is 0 Å². The van der Waals surface area contributed by atoms with E-state index in [1.807, 2.05) is 43.9 Å². The Morgan fingerprint density at radius 1 is 1.23 bits per heavy atom. The molecule has 162 valence electrons. The van der Waals surface area contributed by atoms with E-state index in [1.165, 1.54) is 5.69 Å². The summed E-state index contributed by atoms with van der Waals surface area (Å²) in [6, 6.07) is 7.31. The van der Waals surface area contributed by atoms with Crippen LogP contribution in [0.5, 0.6) is 0 Å². The Balaban J connectivity index is 1.49. The average Bonchev–Trinajstić information content (AvgIpc) is 3.26. The number of aromatic nitrogens is 4. The number of fused-ring (bicyclic) bond motifs is 1. The summed E-state index contributed by atoms with van der Waals surface area (Å²) in [6.07, 6.45) is 5.31. The fourth-order valence-corrected chi connectivity index (χ4v) is 4.37. The number of carboxylic acids is 1. The Kier molecular flexibility index (Phi) is 5.63. The Bertz CT molecular complexity index is 1130. The van der Waals surface area contributed by atoms with Crippen molar-refractivity contribution in [3.8, 4) is 5.69 Å². The summed E-state index contributed by atoms with van der Waals surface area (Å²) in [5, 5.41) is 21.0. The van der Waals surface area contributed by atoms with Gasteiger partial charge >= 0.3 is 5.97 Å². The summed E-state index contributed by atoms with van der Waals surface area (Å²) < 4.78 is 3.69. The second-order valence-corrected chi connectivity index (χ2v) is 8.09. The molecule has 1 atom stereocenters. The van der Waals surface area contributed by atoms with Gasteiger partial charge in [-0.05, 0) is 69.4 Å². The summed E-state index contributed by atoms with van der Waals surface area (Å²) in [4.78, 5) is 23.8.